The van der Waals surface area contributed by atoms with E-state index in [1.54, 1.807) is 6.08 Å². The molecule has 3 nitrogen and oxygen atoms in total. The maximum absolute atomic E-state index is 9.36. The van der Waals surface area contributed by atoms with Crippen LogP contribution in [0, 0.1) is 0 Å². The predicted octanol–water partition coefficient (Wildman–Crippen LogP) is 2.31. The molecule has 0 aromatic heterocycles. The Labute approximate surface area is 98.8 Å². The average Bonchev–Trinajstić information content (AvgIpc) is 2.29. The lowest BCUT2D eigenvalue weighted by atomic mass is 10.0. The summed E-state index contributed by atoms with van der Waals surface area (Å²) in [6.45, 7) is 11.0. The lowest BCUT2D eigenvalue weighted by molar-refractivity contribution is -0.113. The van der Waals surface area contributed by atoms with E-state index in [-0.39, 0.29) is 6.61 Å². The Morgan fingerprint density at radius 2 is 2.06 bits per heavy atom. The molecule has 0 aromatic rings. The highest BCUT2D eigenvalue weighted by atomic mass is 16.5. The minimum Gasteiger partial charge on any atom is -0.393 e. The van der Waals surface area contributed by atoms with Crippen LogP contribution in [0.3, 0.4) is 0 Å². The van der Waals surface area contributed by atoms with Crippen molar-refractivity contribution in [2.24, 2.45) is 0 Å². The molecule has 1 unspecified atom stereocenters. The summed E-state index contributed by atoms with van der Waals surface area (Å²) < 4.78 is 11.1. The van der Waals surface area contributed by atoms with Crippen LogP contribution >= 0.6 is 0 Å². The van der Waals surface area contributed by atoms with E-state index in [1.165, 1.54) is 5.57 Å². The third-order valence-corrected chi connectivity index (χ3v) is 2.41. The number of hydrogen-bond acceptors (Lipinski definition) is 3. The summed E-state index contributed by atoms with van der Waals surface area (Å²) in [5, 5.41) is 9.36. The van der Waals surface area contributed by atoms with Crippen LogP contribution in [0.15, 0.2) is 24.3 Å². The summed E-state index contributed by atoms with van der Waals surface area (Å²) in [5.74, 6) is 0. The molecule has 0 amide bonds. The van der Waals surface area contributed by atoms with Crippen molar-refractivity contribution in [3.8, 4) is 0 Å². The van der Waals surface area contributed by atoms with Gasteiger partial charge in [0, 0.05) is 0 Å². The van der Waals surface area contributed by atoms with Crippen molar-refractivity contribution in [2.45, 2.75) is 32.8 Å². The number of rotatable bonds is 9. The molecular formula is C13H24O3. The van der Waals surface area contributed by atoms with Crippen molar-refractivity contribution in [3.63, 3.8) is 0 Å². The minimum absolute atomic E-state index is 0.0356. The monoisotopic (exact) mass is 228 g/mol. The van der Waals surface area contributed by atoms with E-state index in [4.69, 9.17) is 9.47 Å². The highest BCUT2D eigenvalue weighted by molar-refractivity contribution is 4.93. The highest BCUT2D eigenvalue weighted by Gasteiger charge is 2.28. The second-order valence-corrected chi connectivity index (χ2v) is 4.09. The maximum atomic E-state index is 9.36. The molecule has 0 rings (SSSR count). The molecule has 0 fully saturated rings. The molecule has 0 aromatic carbocycles. The Bertz CT molecular complexity index is 213. The molecule has 1 N–H and O–H groups in total. The molecule has 0 bridgehead atoms. The molecule has 0 spiro atoms. The fraction of sp³-hybridized carbons (Fsp3) is 0.692. The van der Waals surface area contributed by atoms with Crippen LogP contribution in [0.2, 0.25) is 0 Å². The number of ether oxygens (including phenoxy) is 2. The fourth-order valence-electron chi connectivity index (χ4n) is 1.16. The lowest BCUT2D eigenvalue weighted by Crippen LogP contribution is -2.41. The zero-order valence-electron chi connectivity index (χ0n) is 10.7. The van der Waals surface area contributed by atoms with Crippen LogP contribution in [0.4, 0.5) is 0 Å². The van der Waals surface area contributed by atoms with Crippen LogP contribution in [-0.4, -0.2) is 37.1 Å². The lowest BCUT2D eigenvalue weighted by Gasteiger charge is -2.30. The molecule has 0 aliphatic heterocycles. The third kappa shape index (κ3) is 6.05. The summed E-state index contributed by atoms with van der Waals surface area (Å²) in [7, 11) is 0. The smallest absolute Gasteiger partial charge is 0.114 e. The van der Waals surface area contributed by atoms with Crippen LogP contribution < -0.4 is 0 Å². The second kappa shape index (κ2) is 8.50. The van der Waals surface area contributed by atoms with E-state index in [1.807, 2.05) is 26.8 Å². The molecular weight excluding hydrogens is 204 g/mol. The maximum Gasteiger partial charge on any atom is 0.114 e. The molecule has 16 heavy (non-hydrogen) atoms. The van der Waals surface area contributed by atoms with Gasteiger partial charge in [0.1, 0.15) is 5.60 Å². The van der Waals surface area contributed by atoms with E-state index >= 15 is 0 Å². The first-order valence-corrected chi connectivity index (χ1v) is 5.67. The first kappa shape index (κ1) is 15.4. The van der Waals surface area contributed by atoms with Gasteiger partial charge in [-0.25, -0.2) is 0 Å². The van der Waals surface area contributed by atoms with E-state index in [9.17, 15) is 5.11 Å². The number of aliphatic hydroxyl groups excluding tert-OH is 1. The van der Waals surface area contributed by atoms with E-state index in [0.717, 1.165) is 0 Å². The summed E-state index contributed by atoms with van der Waals surface area (Å²) in [6, 6.07) is 0. The highest BCUT2D eigenvalue weighted by Crippen LogP contribution is 2.16. The third-order valence-electron chi connectivity index (χ3n) is 2.41. The Kier molecular flexibility index (Phi) is 8.16. The van der Waals surface area contributed by atoms with E-state index in [2.05, 4.69) is 6.58 Å². The van der Waals surface area contributed by atoms with Gasteiger partial charge in [-0.15, -0.1) is 6.58 Å². The Balaban J connectivity index is 4.10. The van der Waals surface area contributed by atoms with Gasteiger partial charge in [0.05, 0.1) is 26.4 Å². The van der Waals surface area contributed by atoms with Gasteiger partial charge in [-0.3, -0.25) is 0 Å². The van der Waals surface area contributed by atoms with Gasteiger partial charge >= 0.3 is 0 Å². The van der Waals surface area contributed by atoms with Gasteiger partial charge in [-0.2, -0.15) is 0 Å². The van der Waals surface area contributed by atoms with Crippen molar-refractivity contribution < 1.29 is 14.6 Å². The zero-order valence-corrected chi connectivity index (χ0v) is 10.7. The average molecular weight is 228 g/mol. The quantitative estimate of drug-likeness (QED) is 0.486. The van der Waals surface area contributed by atoms with Gasteiger partial charge in [0.25, 0.3) is 0 Å². The predicted molar refractivity (Wildman–Crippen MR) is 66.5 cm³/mol. The van der Waals surface area contributed by atoms with Gasteiger partial charge < -0.3 is 14.6 Å². The normalized spacial score (nSPS) is 14.2. The van der Waals surface area contributed by atoms with E-state index in [0.29, 0.717) is 26.2 Å². The van der Waals surface area contributed by atoms with Crippen molar-refractivity contribution in [1.82, 2.24) is 0 Å². The fourth-order valence-corrected chi connectivity index (χ4v) is 1.16. The molecule has 0 saturated carbocycles. The van der Waals surface area contributed by atoms with Crippen molar-refractivity contribution in [1.29, 1.82) is 0 Å². The number of aliphatic hydroxyl groups is 1. The summed E-state index contributed by atoms with van der Waals surface area (Å²) in [4.78, 5) is 0. The molecule has 0 aliphatic rings. The zero-order chi connectivity index (χ0) is 12.4. The number of hydrogen-bond donors (Lipinski definition) is 1. The Morgan fingerprint density at radius 1 is 1.38 bits per heavy atom. The minimum atomic E-state index is -0.594. The first-order valence-electron chi connectivity index (χ1n) is 5.67. The standard InChI is InChI=1S/C13H24O3/c1-5-8-16-13(6-2,10-14)11-15-9-7-12(3)4/h5,7,14H,1,6,8-11H2,2-4H3. The Hall–Kier alpha value is -0.640. The van der Waals surface area contributed by atoms with Gasteiger partial charge in [0.2, 0.25) is 0 Å². The summed E-state index contributed by atoms with van der Waals surface area (Å²) in [6.07, 6.45) is 4.40. The van der Waals surface area contributed by atoms with Crippen molar-refractivity contribution >= 4 is 0 Å². The summed E-state index contributed by atoms with van der Waals surface area (Å²) >= 11 is 0. The van der Waals surface area contributed by atoms with Crippen LogP contribution in [0.1, 0.15) is 27.2 Å². The molecule has 0 aliphatic carbocycles. The molecule has 0 heterocycles. The Morgan fingerprint density at radius 3 is 2.50 bits per heavy atom. The van der Waals surface area contributed by atoms with Gasteiger partial charge in [-0.1, -0.05) is 24.6 Å². The molecule has 1 atom stereocenters. The van der Waals surface area contributed by atoms with Crippen LogP contribution in [0.25, 0.3) is 0 Å². The summed E-state index contributed by atoms with van der Waals surface area (Å²) in [5.41, 5.74) is 0.627. The largest absolute Gasteiger partial charge is 0.393 e. The first-order chi connectivity index (χ1) is 7.60. The van der Waals surface area contributed by atoms with Crippen LogP contribution in [-0.2, 0) is 9.47 Å². The second-order valence-electron chi connectivity index (χ2n) is 4.09. The van der Waals surface area contributed by atoms with Crippen LogP contribution in [0.5, 0.6) is 0 Å². The molecule has 94 valence electrons. The molecule has 3 heteroatoms. The number of allylic oxidation sites excluding steroid dienone is 1. The SMILES string of the molecule is C=CCOC(CC)(CO)COCC=C(C)C. The van der Waals surface area contributed by atoms with Crippen molar-refractivity contribution in [3.05, 3.63) is 24.3 Å². The van der Waals surface area contributed by atoms with E-state index < -0.39 is 5.60 Å². The topological polar surface area (TPSA) is 38.7 Å². The molecule has 0 saturated heterocycles. The van der Waals surface area contributed by atoms with Crippen molar-refractivity contribution in [2.75, 3.05) is 26.4 Å². The molecule has 0 radical (unpaired) electrons. The van der Waals surface area contributed by atoms with Gasteiger partial charge in [-0.05, 0) is 20.3 Å². The van der Waals surface area contributed by atoms with Gasteiger partial charge in [0.15, 0.2) is 0 Å².